The number of esters is 1. The minimum absolute atomic E-state index is 0.0376. The Bertz CT molecular complexity index is 737. The summed E-state index contributed by atoms with van der Waals surface area (Å²) in [5.74, 6) is -3.45. The first-order chi connectivity index (χ1) is 12.9. The Morgan fingerprint density at radius 2 is 1.82 bits per heavy atom. The van der Waals surface area contributed by atoms with E-state index in [-0.39, 0.29) is 36.6 Å². The normalized spacial score (nSPS) is 18.2. The molecule has 156 valence electrons. The highest BCUT2D eigenvalue weighted by molar-refractivity contribution is 5.89. The van der Waals surface area contributed by atoms with Crippen LogP contribution in [-0.4, -0.2) is 35.2 Å². The van der Waals surface area contributed by atoms with Crippen molar-refractivity contribution in [3.8, 4) is 0 Å². The molecule has 2 rings (SSSR count). The van der Waals surface area contributed by atoms with Crippen molar-refractivity contribution in [2.75, 3.05) is 17.7 Å². The molecular weight excluding hydrogens is 372 g/mol. The van der Waals surface area contributed by atoms with Gasteiger partial charge in [0, 0.05) is 12.8 Å². The van der Waals surface area contributed by atoms with Crippen molar-refractivity contribution < 1.29 is 27.8 Å². The summed E-state index contributed by atoms with van der Waals surface area (Å²) in [6.07, 6.45) is -1.77. The zero-order chi connectivity index (χ0) is 21.2. The Labute approximate surface area is 163 Å². The topological polar surface area (TPSA) is 104 Å². The van der Waals surface area contributed by atoms with Gasteiger partial charge in [0.1, 0.15) is 16.8 Å². The van der Waals surface area contributed by atoms with Gasteiger partial charge in [-0.05, 0) is 52.7 Å². The van der Waals surface area contributed by atoms with Crippen LogP contribution in [0.3, 0.4) is 0 Å². The van der Waals surface area contributed by atoms with E-state index in [2.05, 4.69) is 10.3 Å². The number of nitrogens with one attached hydrogen (secondary N) is 1. The maximum Gasteiger partial charge on any atom is 0.412 e. The van der Waals surface area contributed by atoms with Crippen LogP contribution >= 0.6 is 0 Å². The van der Waals surface area contributed by atoms with E-state index >= 15 is 0 Å². The predicted molar refractivity (Wildman–Crippen MR) is 100 cm³/mol. The number of halogens is 2. The molecule has 0 saturated heterocycles. The van der Waals surface area contributed by atoms with Crippen molar-refractivity contribution in [1.29, 1.82) is 0 Å². The van der Waals surface area contributed by atoms with Crippen LogP contribution in [-0.2, 0) is 19.7 Å². The van der Waals surface area contributed by atoms with Gasteiger partial charge in [-0.3, -0.25) is 10.1 Å². The van der Waals surface area contributed by atoms with Crippen LogP contribution in [0.2, 0.25) is 0 Å². The van der Waals surface area contributed by atoms with Crippen LogP contribution in [0.15, 0.2) is 12.1 Å². The van der Waals surface area contributed by atoms with Gasteiger partial charge in [0.15, 0.2) is 0 Å². The molecule has 1 heterocycles. The number of hydrogen-bond acceptors (Lipinski definition) is 6. The first-order valence-electron chi connectivity index (χ1n) is 9.21. The summed E-state index contributed by atoms with van der Waals surface area (Å²) in [7, 11) is 0. The zero-order valence-corrected chi connectivity index (χ0v) is 16.6. The third kappa shape index (κ3) is 5.08. The molecule has 1 aromatic rings. The Morgan fingerprint density at radius 1 is 1.21 bits per heavy atom. The van der Waals surface area contributed by atoms with Crippen molar-refractivity contribution in [1.82, 2.24) is 4.98 Å². The first kappa shape index (κ1) is 21.8. The highest BCUT2D eigenvalue weighted by atomic mass is 19.3. The lowest BCUT2D eigenvalue weighted by Crippen LogP contribution is -2.44. The molecule has 1 fully saturated rings. The highest BCUT2D eigenvalue weighted by Crippen LogP contribution is 2.46. The molecule has 1 aliphatic carbocycles. The molecule has 0 spiro atoms. The summed E-state index contributed by atoms with van der Waals surface area (Å²) in [5.41, 5.74) is 4.44. The van der Waals surface area contributed by atoms with Gasteiger partial charge in [-0.2, -0.15) is 0 Å². The molecule has 1 amide bonds. The largest absolute Gasteiger partial charge is 0.465 e. The number of alkyl halides is 2. The lowest BCUT2D eigenvalue weighted by molar-refractivity contribution is -0.155. The number of carbonyl (C=O) groups is 2. The molecule has 0 atom stereocenters. The molecule has 0 aliphatic heterocycles. The molecular formula is C19H27F2N3O4. The molecule has 1 saturated carbocycles. The minimum Gasteiger partial charge on any atom is -0.465 e. The van der Waals surface area contributed by atoms with Gasteiger partial charge in [0.2, 0.25) is 5.92 Å². The average molecular weight is 399 g/mol. The summed E-state index contributed by atoms with van der Waals surface area (Å²) in [6.45, 7) is 6.95. The van der Waals surface area contributed by atoms with Crippen LogP contribution in [0.25, 0.3) is 0 Å². The second-order valence-electron chi connectivity index (χ2n) is 7.91. The second-order valence-corrected chi connectivity index (χ2v) is 7.91. The summed E-state index contributed by atoms with van der Waals surface area (Å²) in [6, 6.07) is 2.98. The summed E-state index contributed by atoms with van der Waals surface area (Å²) in [5, 5.41) is 2.49. The van der Waals surface area contributed by atoms with Gasteiger partial charge < -0.3 is 15.2 Å². The lowest BCUT2D eigenvalue weighted by atomic mass is 9.70. The predicted octanol–water partition coefficient (Wildman–Crippen LogP) is 4.02. The van der Waals surface area contributed by atoms with E-state index in [4.69, 9.17) is 15.2 Å². The van der Waals surface area contributed by atoms with Gasteiger partial charge in [0.25, 0.3) is 0 Å². The van der Waals surface area contributed by atoms with Crippen molar-refractivity contribution in [3.05, 3.63) is 17.8 Å². The van der Waals surface area contributed by atoms with Crippen molar-refractivity contribution in [3.63, 3.8) is 0 Å². The minimum atomic E-state index is -2.82. The smallest absolute Gasteiger partial charge is 0.412 e. The summed E-state index contributed by atoms with van der Waals surface area (Å²) in [4.78, 5) is 28.8. The van der Waals surface area contributed by atoms with Crippen LogP contribution in [0.5, 0.6) is 0 Å². The van der Waals surface area contributed by atoms with E-state index in [1.54, 1.807) is 27.7 Å². The zero-order valence-electron chi connectivity index (χ0n) is 16.6. The molecule has 28 heavy (non-hydrogen) atoms. The van der Waals surface area contributed by atoms with Crippen molar-refractivity contribution in [2.24, 2.45) is 0 Å². The number of aromatic nitrogens is 1. The quantitative estimate of drug-likeness (QED) is 0.741. The fourth-order valence-corrected chi connectivity index (χ4v) is 3.14. The first-order valence-corrected chi connectivity index (χ1v) is 9.21. The molecule has 0 bridgehead atoms. The number of nitrogens with two attached hydrogens (primary N) is 1. The van der Waals surface area contributed by atoms with E-state index in [0.29, 0.717) is 0 Å². The maximum atomic E-state index is 13.7. The fourth-order valence-electron chi connectivity index (χ4n) is 3.14. The Hall–Kier alpha value is -2.45. The fraction of sp³-hybridized carbons (Fsp3) is 0.632. The van der Waals surface area contributed by atoms with E-state index in [9.17, 15) is 18.4 Å². The molecule has 1 aliphatic rings. The van der Waals surface area contributed by atoms with E-state index in [1.807, 2.05) is 0 Å². The third-order valence-electron chi connectivity index (χ3n) is 4.55. The third-order valence-corrected chi connectivity index (χ3v) is 4.55. The number of nitrogen functional groups attached to an aromatic ring is 1. The molecule has 9 heteroatoms. The van der Waals surface area contributed by atoms with Gasteiger partial charge in [-0.15, -0.1) is 0 Å². The van der Waals surface area contributed by atoms with Gasteiger partial charge >= 0.3 is 12.1 Å². The van der Waals surface area contributed by atoms with E-state index < -0.39 is 41.8 Å². The number of anilines is 2. The number of hydrogen-bond donors (Lipinski definition) is 2. The van der Waals surface area contributed by atoms with Crippen molar-refractivity contribution in [2.45, 2.75) is 70.3 Å². The monoisotopic (exact) mass is 399 g/mol. The van der Waals surface area contributed by atoms with Crippen LogP contribution < -0.4 is 11.1 Å². The Kier molecular flexibility index (Phi) is 6.15. The number of pyridine rings is 1. The lowest BCUT2D eigenvalue weighted by Gasteiger charge is -2.37. The number of amides is 1. The average Bonchev–Trinajstić information content (AvgIpc) is 2.55. The number of rotatable bonds is 4. The van der Waals surface area contributed by atoms with Gasteiger partial charge in [0.05, 0.1) is 18.0 Å². The van der Waals surface area contributed by atoms with Crippen molar-refractivity contribution >= 4 is 23.6 Å². The van der Waals surface area contributed by atoms with E-state index in [1.165, 1.54) is 12.1 Å². The molecule has 1 aromatic heterocycles. The van der Waals surface area contributed by atoms with E-state index in [0.717, 1.165) is 0 Å². The number of carbonyl (C=O) groups excluding carboxylic acids is 2. The standard InChI is InChI=1S/C19H27F2N3O4/c1-5-27-15(25)18(8-10-19(20,21)11-9-18)13-7-6-12(14(22)24-13)23-16(26)28-17(2,3)4/h6-7H,5,8-11H2,1-4H3,(H2,22,24)(H,23,26). The summed E-state index contributed by atoms with van der Waals surface area (Å²) >= 11 is 0. The SMILES string of the molecule is CCOC(=O)C1(c2ccc(NC(=O)OC(C)(C)C)c(N)n2)CCC(F)(F)CC1. The summed E-state index contributed by atoms with van der Waals surface area (Å²) < 4.78 is 37.7. The van der Waals surface area contributed by atoms with Crippen LogP contribution in [0.4, 0.5) is 25.1 Å². The molecule has 0 unspecified atom stereocenters. The number of nitrogens with zero attached hydrogens (tertiary/aromatic N) is 1. The molecule has 7 nitrogen and oxygen atoms in total. The molecule has 3 N–H and O–H groups in total. The van der Waals surface area contributed by atoms with Crippen LogP contribution in [0.1, 0.15) is 59.1 Å². The van der Waals surface area contributed by atoms with Gasteiger partial charge in [-0.1, -0.05) is 0 Å². The molecule has 0 radical (unpaired) electrons. The Balaban J connectivity index is 2.29. The van der Waals surface area contributed by atoms with Crippen LogP contribution in [0, 0.1) is 0 Å². The maximum absolute atomic E-state index is 13.7. The molecule has 0 aromatic carbocycles. The highest BCUT2D eigenvalue weighted by Gasteiger charge is 2.51. The second kappa shape index (κ2) is 7.89. The number of ether oxygens (including phenoxy) is 2. The van der Waals surface area contributed by atoms with Gasteiger partial charge in [-0.25, -0.2) is 18.6 Å². The Morgan fingerprint density at radius 3 is 2.32 bits per heavy atom.